The van der Waals surface area contributed by atoms with E-state index < -0.39 is 0 Å². The molecule has 2 rings (SSSR count). The van der Waals surface area contributed by atoms with Crippen molar-refractivity contribution < 1.29 is 9.53 Å². The lowest BCUT2D eigenvalue weighted by Gasteiger charge is -2.37. The van der Waals surface area contributed by atoms with E-state index in [9.17, 15) is 4.79 Å². The molecule has 1 saturated carbocycles. The second-order valence-corrected chi connectivity index (χ2v) is 4.24. The number of ether oxygens (including phenoxy) is 1. The first kappa shape index (κ1) is 9.00. The summed E-state index contributed by atoms with van der Waals surface area (Å²) in [5, 5.41) is 3.26. The second kappa shape index (κ2) is 3.29. The molecule has 0 aromatic heterocycles. The van der Waals surface area contributed by atoms with Crippen molar-refractivity contribution in [3.63, 3.8) is 0 Å². The standard InChI is InChI=1S/C10H17NO2/c1-2-13-9(12)8-6-10(7-11-8)4-3-5-10/h8,11H,2-7H2,1H3. The highest BCUT2D eigenvalue weighted by Gasteiger charge is 2.45. The molecule has 3 nitrogen and oxygen atoms in total. The Morgan fingerprint density at radius 2 is 2.38 bits per heavy atom. The molecule has 2 aliphatic rings. The molecule has 74 valence electrons. The van der Waals surface area contributed by atoms with Crippen LogP contribution in [0.4, 0.5) is 0 Å². The molecule has 0 aromatic carbocycles. The lowest BCUT2D eigenvalue weighted by atomic mass is 9.67. The van der Waals surface area contributed by atoms with Gasteiger partial charge in [0.1, 0.15) is 6.04 Å². The van der Waals surface area contributed by atoms with Gasteiger partial charge in [-0.3, -0.25) is 4.79 Å². The molecular formula is C10H17NO2. The van der Waals surface area contributed by atoms with E-state index in [1.807, 2.05) is 6.92 Å². The minimum Gasteiger partial charge on any atom is -0.465 e. The van der Waals surface area contributed by atoms with E-state index in [0.29, 0.717) is 12.0 Å². The highest BCUT2D eigenvalue weighted by molar-refractivity contribution is 5.76. The Bertz CT molecular complexity index is 211. The van der Waals surface area contributed by atoms with E-state index in [-0.39, 0.29) is 12.0 Å². The Kier molecular flexibility index (Phi) is 2.28. The molecule has 1 atom stereocenters. The van der Waals surface area contributed by atoms with Crippen molar-refractivity contribution in [1.82, 2.24) is 5.32 Å². The molecule has 2 fully saturated rings. The van der Waals surface area contributed by atoms with Crippen molar-refractivity contribution in [3.05, 3.63) is 0 Å². The van der Waals surface area contributed by atoms with Crippen molar-refractivity contribution in [2.45, 2.75) is 38.6 Å². The van der Waals surface area contributed by atoms with Gasteiger partial charge in [0.05, 0.1) is 6.61 Å². The molecule has 1 aliphatic carbocycles. The van der Waals surface area contributed by atoms with Gasteiger partial charge in [-0.15, -0.1) is 0 Å². The van der Waals surface area contributed by atoms with Crippen LogP contribution in [0.5, 0.6) is 0 Å². The number of carbonyl (C=O) groups is 1. The third kappa shape index (κ3) is 1.57. The predicted octanol–water partition coefficient (Wildman–Crippen LogP) is 1.08. The van der Waals surface area contributed by atoms with E-state index in [1.165, 1.54) is 19.3 Å². The molecule has 1 unspecified atom stereocenters. The molecule has 1 aliphatic heterocycles. The van der Waals surface area contributed by atoms with Crippen LogP contribution in [0, 0.1) is 5.41 Å². The maximum Gasteiger partial charge on any atom is 0.323 e. The number of nitrogens with one attached hydrogen (secondary N) is 1. The molecule has 3 heteroatoms. The van der Waals surface area contributed by atoms with Gasteiger partial charge in [-0.2, -0.15) is 0 Å². The summed E-state index contributed by atoms with van der Waals surface area (Å²) in [6, 6.07) is -0.0275. The zero-order valence-corrected chi connectivity index (χ0v) is 8.14. The Balaban J connectivity index is 1.87. The fourth-order valence-electron chi connectivity index (χ4n) is 2.38. The van der Waals surface area contributed by atoms with Crippen LogP contribution in [0.3, 0.4) is 0 Å². The minimum absolute atomic E-state index is 0.0275. The number of hydrogen-bond acceptors (Lipinski definition) is 3. The van der Waals surface area contributed by atoms with Gasteiger partial charge < -0.3 is 10.1 Å². The monoisotopic (exact) mass is 183 g/mol. The average Bonchev–Trinajstić information content (AvgIpc) is 2.47. The largest absolute Gasteiger partial charge is 0.465 e. The molecule has 1 saturated heterocycles. The van der Waals surface area contributed by atoms with Gasteiger partial charge in [0.2, 0.25) is 0 Å². The van der Waals surface area contributed by atoms with Crippen molar-refractivity contribution in [2.24, 2.45) is 5.41 Å². The SMILES string of the molecule is CCOC(=O)C1CC2(CCC2)CN1. The minimum atomic E-state index is -0.0636. The smallest absolute Gasteiger partial charge is 0.323 e. The molecule has 0 amide bonds. The molecular weight excluding hydrogens is 166 g/mol. The van der Waals surface area contributed by atoms with Crippen LogP contribution < -0.4 is 5.32 Å². The summed E-state index contributed by atoms with van der Waals surface area (Å²) in [6.45, 7) is 3.35. The van der Waals surface area contributed by atoms with Gasteiger partial charge in [-0.25, -0.2) is 0 Å². The number of hydrogen-bond donors (Lipinski definition) is 1. The van der Waals surface area contributed by atoms with Crippen LogP contribution in [0.25, 0.3) is 0 Å². The highest BCUT2D eigenvalue weighted by atomic mass is 16.5. The predicted molar refractivity (Wildman–Crippen MR) is 49.3 cm³/mol. The van der Waals surface area contributed by atoms with E-state index in [2.05, 4.69) is 5.32 Å². The Morgan fingerprint density at radius 3 is 2.85 bits per heavy atom. The normalized spacial score (nSPS) is 30.1. The number of esters is 1. The van der Waals surface area contributed by atoms with E-state index >= 15 is 0 Å². The molecule has 13 heavy (non-hydrogen) atoms. The Morgan fingerprint density at radius 1 is 1.62 bits per heavy atom. The van der Waals surface area contributed by atoms with Crippen LogP contribution in [0.15, 0.2) is 0 Å². The average molecular weight is 183 g/mol. The fraction of sp³-hybridized carbons (Fsp3) is 0.900. The van der Waals surface area contributed by atoms with Crippen LogP contribution in [-0.2, 0) is 9.53 Å². The fourth-order valence-corrected chi connectivity index (χ4v) is 2.38. The van der Waals surface area contributed by atoms with Crippen molar-refractivity contribution in [2.75, 3.05) is 13.2 Å². The summed E-state index contributed by atoms with van der Waals surface area (Å²) in [5.74, 6) is -0.0636. The van der Waals surface area contributed by atoms with E-state index in [4.69, 9.17) is 4.74 Å². The zero-order valence-electron chi connectivity index (χ0n) is 8.14. The van der Waals surface area contributed by atoms with Crippen LogP contribution in [-0.4, -0.2) is 25.2 Å². The van der Waals surface area contributed by atoms with Crippen LogP contribution >= 0.6 is 0 Å². The topological polar surface area (TPSA) is 38.3 Å². The van der Waals surface area contributed by atoms with Gasteiger partial charge >= 0.3 is 5.97 Å². The van der Waals surface area contributed by atoms with Gasteiger partial charge in [0.25, 0.3) is 0 Å². The molecule has 0 bridgehead atoms. The van der Waals surface area contributed by atoms with Crippen molar-refractivity contribution in [3.8, 4) is 0 Å². The van der Waals surface area contributed by atoms with Gasteiger partial charge in [-0.1, -0.05) is 6.42 Å². The number of rotatable bonds is 2. The lowest BCUT2D eigenvalue weighted by molar-refractivity contribution is -0.145. The Hall–Kier alpha value is -0.570. The second-order valence-electron chi connectivity index (χ2n) is 4.24. The first-order valence-electron chi connectivity index (χ1n) is 5.16. The molecule has 1 N–H and O–H groups in total. The van der Waals surface area contributed by atoms with Gasteiger partial charge in [0.15, 0.2) is 0 Å². The summed E-state index contributed by atoms with van der Waals surface area (Å²) >= 11 is 0. The summed E-state index contributed by atoms with van der Waals surface area (Å²) in [7, 11) is 0. The quantitative estimate of drug-likeness (QED) is 0.651. The van der Waals surface area contributed by atoms with Crippen molar-refractivity contribution in [1.29, 1.82) is 0 Å². The zero-order chi connectivity index (χ0) is 9.31. The lowest BCUT2D eigenvalue weighted by Crippen LogP contribution is -2.32. The van der Waals surface area contributed by atoms with Crippen molar-refractivity contribution >= 4 is 5.97 Å². The summed E-state index contributed by atoms with van der Waals surface area (Å²) in [4.78, 5) is 11.4. The molecule has 0 radical (unpaired) electrons. The van der Waals surface area contributed by atoms with E-state index in [1.54, 1.807) is 0 Å². The van der Waals surface area contributed by atoms with Gasteiger partial charge in [0, 0.05) is 6.54 Å². The van der Waals surface area contributed by atoms with E-state index in [0.717, 1.165) is 13.0 Å². The number of carbonyl (C=O) groups excluding carboxylic acids is 1. The summed E-state index contributed by atoms with van der Waals surface area (Å²) in [5.41, 5.74) is 0.456. The third-order valence-corrected chi connectivity index (χ3v) is 3.35. The van der Waals surface area contributed by atoms with Crippen LogP contribution in [0.2, 0.25) is 0 Å². The Labute approximate surface area is 78.8 Å². The van der Waals surface area contributed by atoms with Gasteiger partial charge in [-0.05, 0) is 31.6 Å². The first-order valence-corrected chi connectivity index (χ1v) is 5.16. The molecule has 1 spiro atoms. The summed E-state index contributed by atoms with van der Waals surface area (Å²) < 4.78 is 4.99. The highest BCUT2D eigenvalue weighted by Crippen LogP contribution is 2.47. The summed E-state index contributed by atoms with van der Waals surface area (Å²) in [6.07, 6.45) is 4.90. The van der Waals surface area contributed by atoms with Crippen LogP contribution in [0.1, 0.15) is 32.6 Å². The first-order chi connectivity index (χ1) is 6.26. The molecule has 1 heterocycles. The maximum absolute atomic E-state index is 11.4. The molecule has 0 aromatic rings. The maximum atomic E-state index is 11.4. The third-order valence-electron chi connectivity index (χ3n) is 3.35.